The van der Waals surface area contributed by atoms with Crippen molar-refractivity contribution in [1.29, 1.82) is 0 Å². The molecule has 0 aromatic heterocycles. The molecule has 124 valence electrons. The second kappa shape index (κ2) is 7.57. The van der Waals surface area contributed by atoms with E-state index in [0.717, 1.165) is 19.3 Å². The van der Waals surface area contributed by atoms with Gasteiger partial charge in [0.1, 0.15) is 0 Å². The number of nitrogens with one attached hydrogen (secondary N) is 1. The Morgan fingerprint density at radius 3 is 2.36 bits per heavy atom. The zero-order chi connectivity index (χ0) is 16.2. The maximum Gasteiger partial charge on any atom is 0.279 e. The first kappa shape index (κ1) is 17.4. The first-order chi connectivity index (χ1) is 10.4. The highest BCUT2D eigenvalue weighted by Crippen LogP contribution is 2.22. The lowest BCUT2D eigenvalue weighted by atomic mass is 9.94. The van der Waals surface area contributed by atoms with E-state index in [1.165, 1.54) is 5.56 Å². The normalized spacial score (nSPS) is 25.0. The fourth-order valence-corrected chi connectivity index (χ4v) is 4.89. The van der Waals surface area contributed by atoms with Crippen LogP contribution in [0.15, 0.2) is 30.3 Å². The summed E-state index contributed by atoms with van der Waals surface area (Å²) < 4.78 is 29.5. The van der Waals surface area contributed by atoms with Gasteiger partial charge in [0.25, 0.3) is 10.2 Å². The third-order valence-electron chi connectivity index (χ3n) is 4.23. The van der Waals surface area contributed by atoms with Gasteiger partial charge in [-0.2, -0.15) is 17.4 Å². The number of piperidine rings is 1. The molecule has 22 heavy (non-hydrogen) atoms. The highest BCUT2D eigenvalue weighted by Gasteiger charge is 2.31. The molecule has 0 bridgehead atoms. The summed E-state index contributed by atoms with van der Waals surface area (Å²) in [4.78, 5) is 0. The predicted octanol–water partition coefficient (Wildman–Crippen LogP) is 2.82. The smallest absolute Gasteiger partial charge is 0.199 e. The van der Waals surface area contributed by atoms with Gasteiger partial charge in [0.2, 0.25) is 0 Å². The molecule has 1 heterocycles. The average molecular weight is 324 g/mol. The second-order valence-electron chi connectivity index (χ2n) is 6.81. The maximum absolute atomic E-state index is 12.5. The predicted molar refractivity (Wildman–Crippen MR) is 90.8 cm³/mol. The lowest BCUT2D eigenvalue weighted by molar-refractivity contribution is 0.219. The Hall–Kier alpha value is -0.910. The van der Waals surface area contributed by atoms with Gasteiger partial charge in [-0.3, -0.25) is 0 Å². The fraction of sp³-hybridized carbons (Fsp3) is 0.647. The lowest BCUT2D eigenvalue weighted by Gasteiger charge is -2.34. The van der Waals surface area contributed by atoms with Crippen molar-refractivity contribution < 1.29 is 8.42 Å². The van der Waals surface area contributed by atoms with Crippen LogP contribution in [0.25, 0.3) is 0 Å². The quantitative estimate of drug-likeness (QED) is 0.875. The van der Waals surface area contributed by atoms with Gasteiger partial charge < -0.3 is 0 Å². The van der Waals surface area contributed by atoms with Crippen molar-refractivity contribution in [3.8, 4) is 0 Å². The molecule has 0 saturated carbocycles. The number of benzene rings is 1. The first-order valence-corrected chi connectivity index (χ1v) is 9.62. The molecule has 1 aromatic rings. The van der Waals surface area contributed by atoms with Gasteiger partial charge in [0.05, 0.1) is 0 Å². The Kier molecular flexibility index (Phi) is 6.01. The molecule has 0 spiro atoms. The zero-order valence-corrected chi connectivity index (χ0v) is 14.6. The van der Waals surface area contributed by atoms with Crippen molar-refractivity contribution in [2.75, 3.05) is 13.1 Å². The molecule has 1 saturated heterocycles. The van der Waals surface area contributed by atoms with Crippen molar-refractivity contribution in [2.24, 2.45) is 11.8 Å². The molecule has 3 atom stereocenters. The summed E-state index contributed by atoms with van der Waals surface area (Å²) >= 11 is 0. The molecule has 0 radical (unpaired) electrons. The van der Waals surface area contributed by atoms with Crippen LogP contribution in [0.1, 0.15) is 39.2 Å². The highest BCUT2D eigenvalue weighted by molar-refractivity contribution is 7.87. The molecule has 1 fully saturated rings. The Morgan fingerprint density at radius 2 is 1.77 bits per heavy atom. The van der Waals surface area contributed by atoms with Crippen molar-refractivity contribution in [2.45, 2.75) is 46.1 Å². The monoisotopic (exact) mass is 324 g/mol. The van der Waals surface area contributed by atoms with Gasteiger partial charge in [0.15, 0.2) is 0 Å². The van der Waals surface area contributed by atoms with E-state index in [2.05, 4.69) is 30.7 Å². The molecule has 4 nitrogen and oxygen atoms in total. The van der Waals surface area contributed by atoms with Crippen LogP contribution in [-0.4, -0.2) is 31.9 Å². The van der Waals surface area contributed by atoms with Crippen LogP contribution in [0.2, 0.25) is 0 Å². The van der Waals surface area contributed by atoms with Crippen LogP contribution >= 0.6 is 0 Å². The van der Waals surface area contributed by atoms with Gasteiger partial charge in [-0.15, -0.1) is 0 Å². The van der Waals surface area contributed by atoms with Crippen LogP contribution in [0.4, 0.5) is 0 Å². The summed E-state index contributed by atoms with van der Waals surface area (Å²) in [6.07, 6.45) is 2.80. The largest absolute Gasteiger partial charge is 0.279 e. The minimum absolute atomic E-state index is 0.0576. The van der Waals surface area contributed by atoms with Crippen molar-refractivity contribution >= 4 is 10.2 Å². The summed E-state index contributed by atoms with van der Waals surface area (Å²) in [5.41, 5.74) is 1.24. The Balaban J connectivity index is 1.88. The second-order valence-corrected chi connectivity index (χ2v) is 8.51. The highest BCUT2D eigenvalue weighted by atomic mass is 32.2. The van der Waals surface area contributed by atoms with E-state index < -0.39 is 10.2 Å². The van der Waals surface area contributed by atoms with Gasteiger partial charge in [-0.25, -0.2) is 0 Å². The Morgan fingerprint density at radius 1 is 1.18 bits per heavy atom. The number of nitrogens with zero attached hydrogens (tertiary/aromatic N) is 1. The van der Waals surface area contributed by atoms with Crippen LogP contribution in [0.5, 0.6) is 0 Å². The van der Waals surface area contributed by atoms with Gasteiger partial charge in [0, 0.05) is 19.1 Å². The molecule has 1 aliphatic rings. The average Bonchev–Trinajstić information content (AvgIpc) is 2.45. The van der Waals surface area contributed by atoms with E-state index >= 15 is 0 Å². The minimum atomic E-state index is -3.37. The third kappa shape index (κ3) is 5.07. The summed E-state index contributed by atoms with van der Waals surface area (Å²) in [6, 6.07) is 10.1. The molecule has 2 rings (SSSR count). The Labute approximate surface area is 135 Å². The van der Waals surface area contributed by atoms with Gasteiger partial charge >= 0.3 is 0 Å². The summed E-state index contributed by atoms with van der Waals surface area (Å²) in [7, 11) is -3.37. The summed E-state index contributed by atoms with van der Waals surface area (Å²) in [5.74, 6) is 0.861. The van der Waals surface area contributed by atoms with Crippen molar-refractivity contribution in [3.05, 3.63) is 35.9 Å². The molecular weight excluding hydrogens is 296 g/mol. The molecule has 0 aliphatic carbocycles. The fourth-order valence-electron chi connectivity index (χ4n) is 3.22. The van der Waals surface area contributed by atoms with E-state index in [1.807, 2.05) is 25.1 Å². The van der Waals surface area contributed by atoms with Crippen molar-refractivity contribution in [1.82, 2.24) is 9.03 Å². The van der Waals surface area contributed by atoms with E-state index in [1.54, 1.807) is 4.31 Å². The number of hydrogen-bond acceptors (Lipinski definition) is 2. The van der Waals surface area contributed by atoms with E-state index in [0.29, 0.717) is 24.9 Å². The standard InChI is InChI=1S/C17H28N2O2S/c1-14-11-15(2)13-19(12-14)22(20,21)18-16(3)9-10-17-7-5-4-6-8-17/h4-8,14-16,18H,9-13H2,1-3H3/t14-,15+,16-/m0/s1. The molecule has 1 N–H and O–H groups in total. The molecular formula is C17H28N2O2S. The van der Waals surface area contributed by atoms with Gasteiger partial charge in [-0.05, 0) is 43.6 Å². The first-order valence-electron chi connectivity index (χ1n) is 8.18. The number of aryl methyl sites for hydroxylation is 1. The molecule has 0 amide bonds. The SMILES string of the molecule is C[C@@H]1C[C@H](C)CN(S(=O)(=O)N[C@@H](C)CCc2ccccc2)C1. The number of rotatable bonds is 6. The topological polar surface area (TPSA) is 49.4 Å². The molecule has 1 aliphatic heterocycles. The van der Waals surface area contributed by atoms with Gasteiger partial charge in [-0.1, -0.05) is 44.2 Å². The molecule has 1 aromatic carbocycles. The lowest BCUT2D eigenvalue weighted by Crippen LogP contribution is -2.50. The summed E-state index contributed by atoms with van der Waals surface area (Å²) in [5, 5.41) is 0. The van der Waals surface area contributed by atoms with E-state index in [4.69, 9.17) is 0 Å². The van der Waals surface area contributed by atoms with Crippen LogP contribution in [-0.2, 0) is 16.6 Å². The van der Waals surface area contributed by atoms with Crippen LogP contribution in [0.3, 0.4) is 0 Å². The summed E-state index contributed by atoms with van der Waals surface area (Å²) in [6.45, 7) is 7.45. The van der Waals surface area contributed by atoms with Crippen molar-refractivity contribution in [3.63, 3.8) is 0 Å². The Bertz CT molecular complexity index is 549. The minimum Gasteiger partial charge on any atom is -0.199 e. The molecule has 5 heteroatoms. The molecule has 0 unspecified atom stereocenters. The van der Waals surface area contributed by atoms with E-state index in [9.17, 15) is 8.42 Å². The van der Waals surface area contributed by atoms with Crippen LogP contribution in [0, 0.1) is 11.8 Å². The van der Waals surface area contributed by atoms with E-state index in [-0.39, 0.29) is 6.04 Å². The number of hydrogen-bond donors (Lipinski definition) is 1. The zero-order valence-electron chi connectivity index (χ0n) is 13.8. The third-order valence-corrected chi connectivity index (χ3v) is 5.91. The maximum atomic E-state index is 12.5. The van der Waals surface area contributed by atoms with Crippen LogP contribution < -0.4 is 4.72 Å².